The Morgan fingerprint density at radius 2 is 1.79 bits per heavy atom. The van der Waals surface area contributed by atoms with Gasteiger partial charge in [-0.25, -0.2) is 0 Å². The Labute approximate surface area is 119 Å². The van der Waals surface area contributed by atoms with Crippen LogP contribution in [-0.2, 0) is 0 Å². The number of nitrogens with one attached hydrogen (secondary N) is 1. The minimum atomic E-state index is -0.435. The molecule has 1 heterocycles. The molecule has 2 atom stereocenters. The lowest BCUT2D eigenvalue weighted by atomic mass is 9.65. The fourth-order valence-corrected chi connectivity index (χ4v) is 4.11. The van der Waals surface area contributed by atoms with Crippen LogP contribution in [0.15, 0.2) is 0 Å². The molecule has 0 aromatic rings. The second-order valence-electron chi connectivity index (χ2n) is 8.05. The maximum Gasteiger partial charge on any atom is 0.0800 e. The van der Waals surface area contributed by atoms with Crippen molar-refractivity contribution in [1.82, 2.24) is 5.32 Å². The van der Waals surface area contributed by atoms with E-state index >= 15 is 0 Å². The van der Waals surface area contributed by atoms with Crippen LogP contribution in [0.5, 0.6) is 0 Å². The zero-order valence-corrected chi connectivity index (χ0v) is 13.3. The normalized spacial score (nSPS) is 41.2. The highest BCUT2D eigenvalue weighted by Gasteiger charge is 2.43. The Balaban J connectivity index is 1.94. The Bertz CT molecular complexity index is 286. The zero-order chi connectivity index (χ0) is 14.1. The SMILES string of the molecule is CCC1CCNC(C2(O)CCC(C(C)(C)C)CC2)C1. The first-order chi connectivity index (χ1) is 8.85. The van der Waals surface area contributed by atoms with Crippen molar-refractivity contribution in [3.63, 3.8) is 0 Å². The van der Waals surface area contributed by atoms with Gasteiger partial charge in [0.25, 0.3) is 0 Å². The molecule has 0 aromatic heterocycles. The summed E-state index contributed by atoms with van der Waals surface area (Å²) in [5.74, 6) is 1.59. The van der Waals surface area contributed by atoms with E-state index in [-0.39, 0.29) is 0 Å². The van der Waals surface area contributed by atoms with Gasteiger partial charge in [0.15, 0.2) is 0 Å². The van der Waals surface area contributed by atoms with Gasteiger partial charge in [-0.1, -0.05) is 34.1 Å². The first-order valence-corrected chi connectivity index (χ1v) is 8.31. The van der Waals surface area contributed by atoms with Crippen LogP contribution in [0.1, 0.15) is 72.6 Å². The van der Waals surface area contributed by atoms with Gasteiger partial charge in [-0.05, 0) is 62.3 Å². The molecule has 2 nitrogen and oxygen atoms in total. The van der Waals surface area contributed by atoms with Crippen molar-refractivity contribution in [3.05, 3.63) is 0 Å². The molecular formula is C17H33NO. The Morgan fingerprint density at radius 3 is 2.32 bits per heavy atom. The van der Waals surface area contributed by atoms with Crippen LogP contribution in [0.3, 0.4) is 0 Å². The summed E-state index contributed by atoms with van der Waals surface area (Å²) in [6, 6.07) is 0.340. The average Bonchev–Trinajstić information content (AvgIpc) is 2.38. The third-order valence-electron chi connectivity index (χ3n) is 5.81. The van der Waals surface area contributed by atoms with Gasteiger partial charge in [0.2, 0.25) is 0 Å². The summed E-state index contributed by atoms with van der Waals surface area (Å²) in [5, 5.41) is 14.6. The monoisotopic (exact) mass is 267 g/mol. The molecule has 0 spiro atoms. The Morgan fingerprint density at radius 1 is 1.16 bits per heavy atom. The summed E-state index contributed by atoms with van der Waals surface area (Å²) in [6.45, 7) is 10.4. The Hall–Kier alpha value is -0.0800. The minimum Gasteiger partial charge on any atom is -0.388 e. The van der Waals surface area contributed by atoms with Crippen LogP contribution in [0, 0.1) is 17.3 Å². The summed E-state index contributed by atoms with van der Waals surface area (Å²) in [7, 11) is 0. The summed E-state index contributed by atoms with van der Waals surface area (Å²) < 4.78 is 0. The first kappa shape index (κ1) is 15.3. The van der Waals surface area contributed by atoms with E-state index in [2.05, 4.69) is 33.0 Å². The molecule has 0 bridgehead atoms. The predicted octanol–water partition coefficient (Wildman–Crippen LogP) is 3.73. The van der Waals surface area contributed by atoms with Crippen molar-refractivity contribution >= 4 is 0 Å². The lowest BCUT2D eigenvalue weighted by molar-refractivity contribution is -0.0640. The molecule has 2 unspecified atom stereocenters. The molecule has 2 aliphatic rings. The van der Waals surface area contributed by atoms with Crippen LogP contribution >= 0.6 is 0 Å². The van der Waals surface area contributed by atoms with Gasteiger partial charge in [0, 0.05) is 6.04 Å². The van der Waals surface area contributed by atoms with Crippen molar-refractivity contribution in [1.29, 1.82) is 0 Å². The third kappa shape index (κ3) is 3.52. The minimum absolute atomic E-state index is 0.340. The standard InChI is InChI=1S/C17H33NO/c1-5-13-8-11-18-15(12-13)17(19)9-6-14(7-10-17)16(2,3)4/h13-15,18-19H,5-12H2,1-4H3. The van der Waals surface area contributed by atoms with Crippen LogP contribution in [0.4, 0.5) is 0 Å². The number of hydrogen-bond acceptors (Lipinski definition) is 2. The fraction of sp³-hybridized carbons (Fsp3) is 1.00. The average molecular weight is 267 g/mol. The van der Waals surface area contributed by atoms with Crippen molar-refractivity contribution in [2.75, 3.05) is 6.54 Å². The number of piperidine rings is 1. The van der Waals surface area contributed by atoms with E-state index in [0.717, 1.165) is 31.2 Å². The Kier molecular flexibility index (Phi) is 4.62. The molecule has 112 valence electrons. The summed E-state index contributed by atoms with van der Waals surface area (Å²) >= 11 is 0. The maximum absolute atomic E-state index is 11.0. The number of hydrogen-bond donors (Lipinski definition) is 2. The molecule has 0 amide bonds. The van der Waals surface area contributed by atoms with Gasteiger partial charge < -0.3 is 10.4 Å². The van der Waals surface area contributed by atoms with Gasteiger partial charge in [-0.2, -0.15) is 0 Å². The largest absolute Gasteiger partial charge is 0.388 e. The van der Waals surface area contributed by atoms with Crippen molar-refractivity contribution in [3.8, 4) is 0 Å². The molecule has 1 saturated carbocycles. The molecular weight excluding hydrogens is 234 g/mol. The van der Waals surface area contributed by atoms with Gasteiger partial charge >= 0.3 is 0 Å². The van der Waals surface area contributed by atoms with E-state index in [0.29, 0.717) is 11.5 Å². The van der Waals surface area contributed by atoms with E-state index in [9.17, 15) is 5.11 Å². The predicted molar refractivity (Wildman–Crippen MR) is 81.2 cm³/mol. The molecule has 0 radical (unpaired) electrons. The number of aliphatic hydroxyl groups is 1. The highest BCUT2D eigenvalue weighted by Crippen LogP contribution is 2.44. The summed E-state index contributed by atoms with van der Waals surface area (Å²) in [6.07, 6.45) is 8.08. The van der Waals surface area contributed by atoms with Crippen LogP contribution < -0.4 is 5.32 Å². The van der Waals surface area contributed by atoms with Crippen LogP contribution in [-0.4, -0.2) is 23.3 Å². The zero-order valence-electron chi connectivity index (χ0n) is 13.3. The smallest absolute Gasteiger partial charge is 0.0800 e. The van der Waals surface area contributed by atoms with Gasteiger partial charge in [-0.3, -0.25) is 0 Å². The molecule has 2 fully saturated rings. The summed E-state index contributed by atoms with van der Waals surface area (Å²) in [4.78, 5) is 0. The molecule has 2 rings (SSSR count). The van der Waals surface area contributed by atoms with E-state index in [1.165, 1.54) is 32.1 Å². The maximum atomic E-state index is 11.0. The van der Waals surface area contributed by atoms with E-state index in [1.807, 2.05) is 0 Å². The molecule has 2 heteroatoms. The van der Waals surface area contributed by atoms with Crippen molar-refractivity contribution < 1.29 is 5.11 Å². The molecule has 2 N–H and O–H groups in total. The highest BCUT2D eigenvalue weighted by molar-refractivity contribution is 4.99. The second kappa shape index (κ2) is 5.73. The fourth-order valence-electron chi connectivity index (χ4n) is 4.11. The van der Waals surface area contributed by atoms with E-state index in [1.54, 1.807) is 0 Å². The lowest BCUT2D eigenvalue weighted by Crippen LogP contribution is -2.56. The van der Waals surface area contributed by atoms with Crippen molar-refractivity contribution in [2.45, 2.75) is 84.3 Å². The number of rotatable bonds is 2. The van der Waals surface area contributed by atoms with Gasteiger partial charge in [-0.15, -0.1) is 0 Å². The third-order valence-corrected chi connectivity index (χ3v) is 5.81. The molecule has 1 aliphatic heterocycles. The first-order valence-electron chi connectivity index (χ1n) is 8.31. The van der Waals surface area contributed by atoms with Crippen LogP contribution in [0.2, 0.25) is 0 Å². The summed E-state index contributed by atoms with van der Waals surface area (Å²) in [5.41, 5.74) is -0.0388. The van der Waals surface area contributed by atoms with Gasteiger partial charge in [0.05, 0.1) is 5.60 Å². The van der Waals surface area contributed by atoms with E-state index in [4.69, 9.17) is 0 Å². The lowest BCUT2D eigenvalue weighted by Gasteiger charge is -2.47. The molecule has 1 saturated heterocycles. The van der Waals surface area contributed by atoms with Crippen LogP contribution in [0.25, 0.3) is 0 Å². The second-order valence-corrected chi connectivity index (χ2v) is 8.05. The van der Waals surface area contributed by atoms with Crippen molar-refractivity contribution in [2.24, 2.45) is 17.3 Å². The molecule has 1 aliphatic carbocycles. The van der Waals surface area contributed by atoms with E-state index < -0.39 is 5.60 Å². The quantitative estimate of drug-likeness (QED) is 0.799. The molecule has 0 aromatic carbocycles. The van der Waals surface area contributed by atoms with Gasteiger partial charge in [0.1, 0.15) is 0 Å². The molecule has 19 heavy (non-hydrogen) atoms. The topological polar surface area (TPSA) is 32.3 Å². The highest BCUT2D eigenvalue weighted by atomic mass is 16.3.